The molecule has 0 aliphatic heterocycles. The van der Waals surface area contributed by atoms with Gasteiger partial charge in [-0.15, -0.1) is 0 Å². The highest BCUT2D eigenvalue weighted by Gasteiger charge is 2.16. The van der Waals surface area contributed by atoms with Gasteiger partial charge in [0.1, 0.15) is 5.82 Å². The topological polar surface area (TPSA) is 101 Å². The van der Waals surface area contributed by atoms with Crippen LogP contribution in [0.25, 0.3) is 0 Å². The number of nitrogens with one attached hydrogen (secondary N) is 2. The number of benzene rings is 2. The molecule has 1 unspecified atom stereocenters. The molecule has 1 atom stereocenters. The van der Waals surface area contributed by atoms with Crippen LogP contribution in [-0.2, 0) is 10.0 Å². The predicted molar refractivity (Wildman–Crippen MR) is 103 cm³/mol. The van der Waals surface area contributed by atoms with Crippen molar-refractivity contribution in [3.63, 3.8) is 0 Å². The number of carbonyl (C=O) groups excluding carboxylic acids is 1. The van der Waals surface area contributed by atoms with E-state index in [4.69, 9.17) is 5.73 Å². The molecule has 0 aliphatic rings. The van der Waals surface area contributed by atoms with E-state index in [0.717, 1.165) is 31.4 Å². The molecule has 0 saturated carbocycles. The number of halogens is 1. The van der Waals surface area contributed by atoms with E-state index in [9.17, 15) is 17.6 Å². The molecule has 0 heterocycles. The maximum absolute atomic E-state index is 12.9. The number of hydrogen-bond donors (Lipinski definition) is 3. The Bertz CT molecular complexity index is 853. The van der Waals surface area contributed by atoms with Gasteiger partial charge in [-0.25, -0.2) is 12.8 Å². The number of nitrogens with two attached hydrogens (primary N) is 1. The van der Waals surface area contributed by atoms with Gasteiger partial charge in [-0.05, 0) is 55.0 Å². The van der Waals surface area contributed by atoms with Gasteiger partial charge < -0.3 is 11.1 Å². The van der Waals surface area contributed by atoms with Gasteiger partial charge in [-0.2, -0.15) is 0 Å². The van der Waals surface area contributed by atoms with Crippen LogP contribution in [0.4, 0.5) is 10.1 Å². The summed E-state index contributed by atoms with van der Waals surface area (Å²) in [7, 11) is -3.83. The number of carbonyl (C=O) groups is 1. The van der Waals surface area contributed by atoms with Gasteiger partial charge in [0, 0.05) is 23.8 Å². The molecule has 0 saturated heterocycles. The second-order valence-corrected chi connectivity index (χ2v) is 7.87. The number of hydrogen-bond acceptors (Lipinski definition) is 4. The van der Waals surface area contributed by atoms with E-state index in [-0.39, 0.29) is 22.5 Å². The fraction of sp³-hybridized carbons (Fsp3) is 0.316. The maximum Gasteiger partial charge on any atom is 0.261 e. The third-order valence-corrected chi connectivity index (χ3v) is 5.45. The second-order valence-electron chi connectivity index (χ2n) is 6.19. The summed E-state index contributed by atoms with van der Waals surface area (Å²) in [6.45, 7) is 2.41. The SMILES string of the molecule is CCCCC(CN)NC(=O)c1ccc(S(=O)(=O)Nc2ccc(F)cc2)cc1. The van der Waals surface area contributed by atoms with Crippen LogP contribution in [-0.4, -0.2) is 26.9 Å². The molecule has 0 fully saturated rings. The molecule has 6 nitrogen and oxygen atoms in total. The molecule has 0 radical (unpaired) electrons. The quantitative estimate of drug-likeness (QED) is 0.610. The Morgan fingerprint density at radius 1 is 1.11 bits per heavy atom. The van der Waals surface area contributed by atoms with Crippen LogP contribution >= 0.6 is 0 Å². The standard InChI is InChI=1S/C19H24FN3O3S/c1-2-3-4-17(13-21)22-19(24)14-5-11-18(12-6-14)27(25,26)23-16-9-7-15(20)8-10-16/h5-12,17,23H,2-4,13,21H2,1H3,(H,22,24). The normalized spacial score (nSPS) is 12.4. The van der Waals surface area contributed by atoms with E-state index in [0.29, 0.717) is 12.1 Å². The first kappa shape index (κ1) is 20.9. The summed E-state index contributed by atoms with van der Waals surface area (Å²) in [5.74, 6) is -0.750. The van der Waals surface area contributed by atoms with Crippen molar-refractivity contribution in [3.05, 3.63) is 59.9 Å². The van der Waals surface area contributed by atoms with E-state index >= 15 is 0 Å². The van der Waals surface area contributed by atoms with Crippen LogP contribution in [0, 0.1) is 5.82 Å². The summed E-state index contributed by atoms with van der Waals surface area (Å²) in [4.78, 5) is 12.3. The highest BCUT2D eigenvalue weighted by molar-refractivity contribution is 7.92. The minimum atomic E-state index is -3.83. The highest BCUT2D eigenvalue weighted by Crippen LogP contribution is 2.17. The summed E-state index contributed by atoms with van der Waals surface area (Å²) in [5.41, 5.74) is 6.28. The first-order valence-corrected chi connectivity index (χ1v) is 10.2. The molecule has 8 heteroatoms. The number of amides is 1. The Balaban J connectivity index is 2.06. The van der Waals surface area contributed by atoms with Crippen molar-refractivity contribution in [2.45, 2.75) is 37.1 Å². The molecule has 27 heavy (non-hydrogen) atoms. The number of rotatable bonds is 9. The van der Waals surface area contributed by atoms with Gasteiger partial charge in [0.25, 0.3) is 15.9 Å². The minimum Gasteiger partial charge on any atom is -0.348 e. The zero-order valence-electron chi connectivity index (χ0n) is 15.1. The van der Waals surface area contributed by atoms with Gasteiger partial charge in [0.15, 0.2) is 0 Å². The molecule has 2 rings (SSSR count). The molecule has 4 N–H and O–H groups in total. The number of anilines is 1. The Morgan fingerprint density at radius 2 is 1.74 bits per heavy atom. The van der Waals surface area contributed by atoms with Crippen LogP contribution < -0.4 is 15.8 Å². The third kappa shape index (κ3) is 6.04. The summed E-state index contributed by atoms with van der Waals surface area (Å²) < 4.78 is 40.1. The Kier molecular flexibility index (Phi) is 7.32. The van der Waals surface area contributed by atoms with Crippen molar-refractivity contribution in [2.24, 2.45) is 5.73 Å². The van der Waals surface area contributed by atoms with Crippen LogP contribution in [0.15, 0.2) is 53.4 Å². The Labute approximate surface area is 159 Å². The van der Waals surface area contributed by atoms with Gasteiger partial charge in [0.2, 0.25) is 0 Å². The van der Waals surface area contributed by atoms with E-state index in [1.54, 1.807) is 0 Å². The molecular formula is C19H24FN3O3S. The summed E-state index contributed by atoms with van der Waals surface area (Å²) in [6, 6.07) is 10.5. The van der Waals surface area contributed by atoms with E-state index in [1.165, 1.54) is 36.4 Å². The second kappa shape index (κ2) is 9.48. The molecule has 2 aromatic carbocycles. The fourth-order valence-corrected chi connectivity index (χ4v) is 3.54. The molecule has 1 amide bonds. The fourth-order valence-electron chi connectivity index (χ4n) is 2.49. The molecule has 0 aliphatic carbocycles. The van der Waals surface area contributed by atoms with Gasteiger partial charge in [0.05, 0.1) is 4.90 Å². The first-order valence-electron chi connectivity index (χ1n) is 8.75. The lowest BCUT2D eigenvalue weighted by atomic mass is 10.1. The van der Waals surface area contributed by atoms with Crippen molar-refractivity contribution < 1.29 is 17.6 Å². The summed E-state index contributed by atoms with van der Waals surface area (Å²) >= 11 is 0. The lowest BCUT2D eigenvalue weighted by Gasteiger charge is -2.16. The molecule has 2 aromatic rings. The number of sulfonamides is 1. The van der Waals surface area contributed by atoms with Crippen LogP contribution in [0.3, 0.4) is 0 Å². The van der Waals surface area contributed by atoms with Gasteiger partial charge in [-0.3, -0.25) is 9.52 Å². The largest absolute Gasteiger partial charge is 0.348 e. The van der Waals surface area contributed by atoms with Gasteiger partial charge >= 0.3 is 0 Å². The Hall–Kier alpha value is -2.45. The van der Waals surface area contributed by atoms with Crippen molar-refractivity contribution >= 4 is 21.6 Å². The summed E-state index contributed by atoms with van der Waals surface area (Å²) in [6.07, 6.45) is 2.78. The average Bonchev–Trinajstić information content (AvgIpc) is 2.66. The lowest BCUT2D eigenvalue weighted by molar-refractivity contribution is 0.0935. The van der Waals surface area contributed by atoms with Crippen molar-refractivity contribution in [2.75, 3.05) is 11.3 Å². The zero-order chi connectivity index (χ0) is 19.9. The molecule has 146 valence electrons. The smallest absolute Gasteiger partial charge is 0.261 e. The molecular weight excluding hydrogens is 369 g/mol. The minimum absolute atomic E-state index is 0.00438. The van der Waals surface area contributed by atoms with E-state index < -0.39 is 15.8 Å². The van der Waals surface area contributed by atoms with Gasteiger partial charge in [-0.1, -0.05) is 19.8 Å². The van der Waals surface area contributed by atoms with Crippen molar-refractivity contribution in [1.29, 1.82) is 0 Å². The highest BCUT2D eigenvalue weighted by atomic mass is 32.2. The summed E-state index contributed by atoms with van der Waals surface area (Å²) in [5, 5.41) is 2.86. The average molecular weight is 393 g/mol. The van der Waals surface area contributed by atoms with Crippen LogP contribution in [0.2, 0.25) is 0 Å². The lowest BCUT2D eigenvalue weighted by Crippen LogP contribution is -2.40. The van der Waals surface area contributed by atoms with Crippen molar-refractivity contribution in [3.8, 4) is 0 Å². The molecule has 0 aromatic heterocycles. The Morgan fingerprint density at radius 3 is 2.30 bits per heavy atom. The monoisotopic (exact) mass is 393 g/mol. The predicted octanol–water partition coefficient (Wildman–Crippen LogP) is 2.87. The van der Waals surface area contributed by atoms with E-state index in [2.05, 4.69) is 17.0 Å². The number of unbranched alkanes of at least 4 members (excludes halogenated alkanes) is 1. The maximum atomic E-state index is 12.9. The zero-order valence-corrected chi connectivity index (χ0v) is 15.9. The molecule has 0 spiro atoms. The van der Waals surface area contributed by atoms with E-state index in [1.807, 2.05) is 0 Å². The van der Waals surface area contributed by atoms with Crippen LogP contribution in [0.1, 0.15) is 36.5 Å². The molecule has 0 bridgehead atoms. The third-order valence-electron chi connectivity index (χ3n) is 4.05. The van der Waals surface area contributed by atoms with Crippen LogP contribution in [0.5, 0.6) is 0 Å². The van der Waals surface area contributed by atoms with Crippen molar-refractivity contribution in [1.82, 2.24) is 5.32 Å². The first-order chi connectivity index (χ1) is 12.9.